The number of rotatable bonds is 4. The third-order valence-electron chi connectivity index (χ3n) is 2.27. The molecule has 0 bridgehead atoms. The van der Waals surface area contributed by atoms with Crippen LogP contribution in [0.25, 0.3) is 0 Å². The minimum absolute atomic E-state index is 0.347. The van der Waals surface area contributed by atoms with Crippen LogP contribution in [-0.2, 0) is 0 Å². The maximum Gasteiger partial charge on any atom is 0.123 e. The highest BCUT2D eigenvalue weighted by Gasteiger charge is 2.19. The Labute approximate surface area is 80.3 Å². The number of hydrogen-bond donors (Lipinski definition) is 1. The molecule has 0 saturated carbocycles. The van der Waals surface area contributed by atoms with Crippen molar-refractivity contribution in [2.24, 2.45) is 5.92 Å². The van der Waals surface area contributed by atoms with Crippen LogP contribution in [0.3, 0.4) is 0 Å². The summed E-state index contributed by atoms with van der Waals surface area (Å²) in [7, 11) is 0. The summed E-state index contributed by atoms with van der Waals surface area (Å²) in [6.45, 7) is 9.59. The van der Waals surface area contributed by atoms with Gasteiger partial charge < -0.3 is 9.73 Å². The number of hydrogen-bond acceptors (Lipinski definition) is 2. The van der Waals surface area contributed by atoms with E-state index in [1.54, 1.807) is 6.26 Å². The molecule has 1 aromatic rings. The summed E-state index contributed by atoms with van der Waals surface area (Å²) in [5, 5.41) is 3.43. The first-order chi connectivity index (χ1) is 6.16. The highest BCUT2D eigenvalue weighted by atomic mass is 16.3. The van der Waals surface area contributed by atoms with Crippen LogP contribution in [0.15, 0.2) is 16.7 Å². The van der Waals surface area contributed by atoms with Crippen molar-refractivity contribution in [3.8, 4) is 0 Å². The molecule has 1 atom stereocenters. The van der Waals surface area contributed by atoms with E-state index in [-0.39, 0.29) is 0 Å². The Kier molecular flexibility index (Phi) is 3.55. The quantitative estimate of drug-likeness (QED) is 0.772. The van der Waals surface area contributed by atoms with Gasteiger partial charge in [-0.1, -0.05) is 20.8 Å². The molecule has 0 aliphatic heterocycles. The lowest BCUT2D eigenvalue weighted by molar-refractivity contribution is 0.345. The molecule has 0 saturated heterocycles. The Hall–Kier alpha value is -0.760. The summed E-state index contributed by atoms with van der Waals surface area (Å²) in [6.07, 6.45) is 1.76. The Morgan fingerprint density at radius 3 is 2.54 bits per heavy atom. The molecule has 1 N–H and O–H groups in total. The standard InChI is InChI=1S/C11H19NO/c1-5-12-10(8(2)3)11-9(4)6-7-13-11/h6-8,10,12H,5H2,1-4H3. The molecule has 2 nitrogen and oxygen atoms in total. The smallest absolute Gasteiger partial charge is 0.123 e. The molecule has 1 unspecified atom stereocenters. The number of furan rings is 1. The van der Waals surface area contributed by atoms with Crippen molar-refractivity contribution in [2.45, 2.75) is 33.7 Å². The van der Waals surface area contributed by atoms with Gasteiger partial charge in [0.1, 0.15) is 5.76 Å². The zero-order valence-corrected chi connectivity index (χ0v) is 8.92. The van der Waals surface area contributed by atoms with E-state index in [4.69, 9.17) is 4.42 Å². The van der Waals surface area contributed by atoms with Crippen LogP contribution in [0.5, 0.6) is 0 Å². The van der Waals surface area contributed by atoms with E-state index in [1.165, 1.54) is 5.56 Å². The number of nitrogens with one attached hydrogen (secondary N) is 1. The van der Waals surface area contributed by atoms with Crippen molar-refractivity contribution in [1.82, 2.24) is 5.32 Å². The van der Waals surface area contributed by atoms with E-state index in [0.717, 1.165) is 12.3 Å². The molecule has 0 spiro atoms. The molecular formula is C11H19NO. The monoisotopic (exact) mass is 181 g/mol. The summed E-state index contributed by atoms with van der Waals surface area (Å²) in [5.41, 5.74) is 1.24. The van der Waals surface area contributed by atoms with E-state index >= 15 is 0 Å². The fraction of sp³-hybridized carbons (Fsp3) is 0.636. The van der Waals surface area contributed by atoms with Gasteiger partial charge in [0.2, 0.25) is 0 Å². The minimum atomic E-state index is 0.347. The van der Waals surface area contributed by atoms with Gasteiger partial charge >= 0.3 is 0 Å². The van der Waals surface area contributed by atoms with Crippen molar-refractivity contribution in [3.05, 3.63) is 23.7 Å². The van der Waals surface area contributed by atoms with Gasteiger partial charge in [0, 0.05) is 0 Å². The second-order valence-corrected chi connectivity index (χ2v) is 3.75. The minimum Gasteiger partial charge on any atom is -0.467 e. The lowest BCUT2D eigenvalue weighted by Gasteiger charge is -2.20. The molecule has 74 valence electrons. The summed E-state index contributed by atoms with van der Waals surface area (Å²) < 4.78 is 5.48. The Balaban J connectivity index is 2.82. The van der Waals surface area contributed by atoms with E-state index in [2.05, 4.69) is 33.0 Å². The molecule has 0 aromatic carbocycles. The Morgan fingerprint density at radius 2 is 2.15 bits per heavy atom. The van der Waals surface area contributed by atoms with Gasteiger partial charge in [0.05, 0.1) is 12.3 Å². The highest BCUT2D eigenvalue weighted by Crippen LogP contribution is 2.24. The lowest BCUT2D eigenvalue weighted by Crippen LogP contribution is -2.25. The maximum absolute atomic E-state index is 5.48. The molecule has 13 heavy (non-hydrogen) atoms. The fourth-order valence-electron chi connectivity index (χ4n) is 1.55. The molecule has 0 aliphatic carbocycles. The van der Waals surface area contributed by atoms with Crippen LogP contribution in [0.1, 0.15) is 38.1 Å². The van der Waals surface area contributed by atoms with Crippen LogP contribution in [0.4, 0.5) is 0 Å². The van der Waals surface area contributed by atoms with Crippen LogP contribution >= 0.6 is 0 Å². The molecule has 2 heteroatoms. The van der Waals surface area contributed by atoms with E-state index in [0.29, 0.717) is 12.0 Å². The summed E-state index contributed by atoms with van der Waals surface area (Å²) in [4.78, 5) is 0. The van der Waals surface area contributed by atoms with Crippen molar-refractivity contribution in [1.29, 1.82) is 0 Å². The van der Waals surface area contributed by atoms with Crippen molar-refractivity contribution < 1.29 is 4.42 Å². The van der Waals surface area contributed by atoms with Gasteiger partial charge in [-0.2, -0.15) is 0 Å². The second kappa shape index (κ2) is 4.47. The SMILES string of the molecule is CCNC(c1occc1C)C(C)C. The first kappa shape index (κ1) is 10.3. The first-order valence-corrected chi connectivity index (χ1v) is 4.94. The van der Waals surface area contributed by atoms with Crippen LogP contribution in [0.2, 0.25) is 0 Å². The summed E-state index contributed by atoms with van der Waals surface area (Å²) >= 11 is 0. The molecule has 0 amide bonds. The topological polar surface area (TPSA) is 25.2 Å². The van der Waals surface area contributed by atoms with Gasteiger partial charge in [-0.3, -0.25) is 0 Å². The second-order valence-electron chi connectivity index (χ2n) is 3.75. The van der Waals surface area contributed by atoms with Crippen molar-refractivity contribution in [3.63, 3.8) is 0 Å². The normalized spacial score (nSPS) is 13.6. The summed E-state index contributed by atoms with van der Waals surface area (Å²) in [6, 6.07) is 2.36. The predicted octanol–water partition coefficient (Wildman–Crippen LogP) is 2.89. The molecule has 1 aromatic heterocycles. The molecule has 1 heterocycles. The Bertz CT molecular complexity index is 252. The van der Waals surface area contributed by atoms with Crippen LogP contribution in [0, 0.1) is 12.8 Å². The zero-order chi connectivity index (χ0) is 9.84. The van der Waals surface area contributed by atoms with Gasteiger partial charge in [-0.25, -0.2) is 0 Å². The van der Waals surface area contributed by atoms with E-state index in [9.17, 15) is 0 Å². The Morgan fingerprint density at radius 1 is 1.46 bits per heavy atom. The van der Waals surface area contributed by atoms with Crippen LogP contribution < -0.4 is 5.32 Å². The molecule has 1 rings (SSSR count). The van der Waals surface area contributed by atoms with Gasteiger partial charge in [0.15, 0.2) is 0 Å². The summed E-state index contributed by atoms with van der Waals surface area (Å²) in [5.74, 6) is 1.64. The predicted molar refractivity (Wildman–Crippen MR) is 54.7 cm³/mol. The lowest BCUT2D eigenvalue weighted by atomic mass is 9.99. The third kappa shape index (κ3) is 2.34. The average Bonchev–Trinajstić information content (AvgIpc) is 2.47. The fourth-order valence-corrected chi connectivity index (χ4v) is 1.55. The first-order valence-electron chi connectivity index (χ1n) is 4.94. The van der Waals surface area contributed by atoms with E-state index in [1.807, 2.05) is 6.07 Å². The van der Waals surface area contributed by atoms with Crippen molar-refractivity contribution in [2.75, 3.05) is 6.54 Å². The molecule has 0 radical (unpaired) electrons. The highest BCUT2D eigenvalue weighted by molar-refractivity contribution is 5.18. The average molecular weight is 181 g/mol. The van der Waals surface area contributed by atoms with Gasteiger partial charge in [-0.05, 0) is 31.0 Å². The number of aryl methyl sites for hydroxylation is 1. The zero-order valence-electron chi connectivity index (χ0n) is 8.92. The van der Waals surface area contributed by atoms with Crippen LogP contribution in [-0.4, -0.2) is 6.54 Å². The maximum atomic E-state index is 5.48. The van der Waals surface area contributed by atoms with Crippen molar-refractivity contribution >= 4 is 0 Å². The largest absolute Gasteiger partial charge is 0.467 e. The molecule has 0 fully saturated rings. The molecular weight excluding hydrogens is 162 g/mol. The van der Waals surface area contributed by atoms with E-state index < -0.39 is 0 Å². The third-order valence-corrected chi connectivity index (χ3v) is 2.27. The van der Waals surface area contributed by atoms with Gasteiger partial charge in [0.25, 0.3) is 0 Å². The van der Waals surface area contributed by atoms with Gasteiger partial charge in [-0.15, -0.1) is 0 Å². The molecule has 0 aliphatic rings.